The first kappa shape index (κ1) is 17.5. The van der Waals surface area contributed by atoms with E-state index in [9.17, 15) is 9.59 Å². The van der Waals surface area contributed by atoms with Crippen LogP contribution < -0.4 is 5.32 Å². The van der Waals surface area contributed by atoms with Gasteiger partial charge in [-0.1, -0.05) is 35.9 Å². The Morgan fingerprint density at radius 1 is 1.24 bits per heavy atom. The van der Waals surface area contributed by atoms with Crippen molar-refractivity contribution in [1.82, 2.24) is 15.2 Å². The molecule has 3 rings (SSSR count). The van der Waals surface area contributed by atoms with Crippen molar-refractivity contribution in [3.05, 3.63) is 65.5 Å². The van der Waals surface area contributed by atoms with Crippen LogP contribution in [0, 0.1) is 6.92 Å². The number of hydrogen-bond acceptors (Lipinski definition) is 4. The number of carbonyl (C=O) groups excluding carboxylic acids is 2. The Morgan fingerprint density at radius 3 is 2.68 bits per heavy atom. The van der Waals surface area contributed by atoms with Crippen LogP contribution in [0.15, 0.2) is 48.7 Å². The number of aryl methyl sites for hydroxylation is 1. The second kappa shape index (κ2) is 7.70. The summed E-state index contributed by atoms with van der Waals surface area (Å²) >= 11 is 1.58. The predicted octanol–water partition coefficient (Wildman–Crippen LogP) is 2.67. The maximum Gasteiger partial charge on any atom is 0.240 e. The van der Waals surface area contributed by atoms with E-state index in [0.29, 0.717) is 6.54 Å². The van der Waals surface area contributed by atoms with Crippen molar-refractivity contribution in [2.45, 2.75) is 31.0 Å². The molecule has 1 aliphatic rings. The van der Waals surface area contributed by atoms with E-state index in [1.807, 2.05) is 56.3 Å². The van der Waals surface area contributed by atoms with Crippen molar-refractivity contribution in [3.63, 3.8) is 0 Å². The fourth-order valence-electron chi connectivity index (χ4n) is 2.73. The number of rotatable bonds is 5. The van der Waals surface area contributed by atoms with E-state index in [2.05, 4.69) is 10.3 Å². The number of nitrogens with zero attached hydrogens (tertiary/aromatic N) is 2. The molecule has 1 fully saturated rings. The molecule has 25 heavy (non-hydrogen) atoms. The quantitative estimate of drug-likeness (QED) is 0.896. The van der Waals surface area contributed by atoms with Gasteiger partial charge in [0.15, 0.2) is 0 Å². The van der Waals surface area contributed by atoms with Crippen LogP contribution in [-0.4, -0.2) is 33.5 Å². The van der Waals surface area contributed by atoms with Gasteiger partial charge in [0.05, 0.1) is 17.5 Å². The second-order valence-corrected chi connectivity index (χ2v) is 7.53. The SMILES string of the molecule is Cc1ccc(C2SC(C)C(=O)N2CC(=O)NCc2ccccn2)cc1. The third-order valence-electron chi connectivity index (χ3n) is 4.12. The van der Waals surface area contributed by atoms with Crippen LogP contribution in [0.1, 0.15) is 29.1 Å². The zero-order valence-electron chi connectivity index (χ0n) is 14.3. The van der Waals surface area contributed by atoms with Gasteiger partial charge in [0, 0.05) is 6.20 Å². The zero-order valence-corrected chi connectivity index (χ0v) is 15.1. The number of nitrogens with one attached hydrogen (secondary N) is 1. The summed E-state index contributed by atoms with van der Waals surface area (Å²) in [6.45, 7) is 4.34. The molecule has 5 nitrogen and oxygen atoms in total. The van der Waals surface area contributed by atoms with Crippen molar-refractivity contribution >= 4 is 23.6 Å². The highest BCUT2D eigenvalue weighted by molar-refractivity contribution is 8.01. The second-order valence-electron chi connectivity index (χ2n) is 6.11. The zero-order chi connectivity index (χ0) is 17.8. The summed E-state index contributed by atoms with van der Waals surface area (Å²) in [5.74, 6) is -0.172. The average molecular weight is 355 g/mol. The Balaban J connectivity index is 1.66. The maximum absolute atomic E-state index is 12.5. The van der Waals surface area contributed by atoms with Gasteiger partial charge in [0.25, 0.3) is 0 Å². The van der Waals surface area contributed by atoms with Crippen molar-refractivity contribution in [3.8, 4) is 0 Å². The van der Waals surface area contributed by atoms with Crippen molar-refractivity contribution < 1.29 is 9.59 Å². The molecule has 2 atom stereocenters. The predicted molar refractivity (Wildman–Crippen MR) is 98.8 cm³/mol. The van der Waals surface area contributed by atoms with Gasteiger partial charge in [0.2, 0.25) is 11.8 Å². The van der Waals surface area contributed by atoms with Gasteiger partial charge in [-0.3, -0.25) is 14.6 Å². The van der Waals surface area contributed by atoms with E-state index in [0.717, 1.165) is 11.3 Å². The lowest BCUT2D eigenvalue weighted by Crippen LogP contribution is -2.40. The first-order valence-electron chi connectivity index (χ1n) is 8.23. The number of amides is 2. The number of benzene rings is 1. The van der Waals surface area contributed by atoms with E-state index in [-0.39, 0.29) is 29.0 Å². The molecule has 0 saturated carbocycles. The van der Waals surface area contributed by atoms with Crippen molar-refractivity contribution in [1.29, 1.82) is 0 Å². The molecule has 0 spiro atoms. The van der Waals surface area contributed by atoms with Crippen molar-refractivity contribution in [2.24, 2.45) is 0 Å². The molecular weight excluding hydrogens is 334 g/mol. The lowest BCUT2D eigenvalue weighted by atomic mass is 10.1. The molecule has 2 aromatic rings. The minimum Gasteiger partial charge on any atom is -0.349 e. The minimum absolute atomic E-state index is 0.00330. The minimum atomic E-state index is -0.175. The molecule has 1 aromatic heterocycles. The number of carbonyl (C=O) groups is 2. The highest BCUT2D eigenvalue weighted by Crippen LogP contribution is 2.42. The van der Waals surface area contributed by atoms with Gasteiger partial charge in [-0.2, -0.15) is 0 Å². The molecule has 1 aliphatic heterocycles. The number of aromatic nitrogens is 1. The molecule has 2 amide bonds. The Hall–Kier alpha value is -2.34. The molecule has 2 heterocycles. The molecule has 1 N–H and O–H groups in total. The fraction of sp³-hybridized carbons (Fsp3) is 0.316. The Bertz CT molecular complexity index is 749. The van der Waals surface area contributed by atoms with E-state index >= 15 is 0 Å². The average Bonchev–Trinajstić information content (AvgIpc) is 2.90. The molecular formula is C19H21N3O2S. The standard InChI is InChI=1S/C19H21N3O2S/c1-13-6-8-15(9-7-13)19-22(18(24)14(2)25-19)12-17(23)21-11-16-5-3-4-10-20-16/h3-10,14,19H,11-12H2,1-2H3,(H,21,23). The number of pyridine rings is 1. The van der Waals surface area contributed by atoms with E-state index in [1.165, 1.54) is 5.56 Å². The van der Waals surface area contributed by atoms with Gasteiger partial charge in [-0.25, -0.2) is 0 Å². The summed E-state index contributed by atoms with van der Waals surface area (Å²) in [4.78, 5) is 30.6. The summed E-state index contributed by atoms with van der Waals surface area (Å²) in [6.07, 6.45) is 1.69. The van der Waals surface area contributed by atoms with Crippen LogP contribution in [0.25, 0.3) is 0 Å². The van der Waals surface area contributed by atoms with Crippen LogP contribution in [0.4, 0.5) is 0 Å². The van der Waals surface area contributed by atoms with E-state index in [4.69, 9.17) is 0 Å². The van der Waals surface area contributed by atoms with E-state index < -0.39 is 0 Å². The van der Waals surface area contributed by atoms with Gasteiger partial charge < -0.3 is 10.2 Å². The lowest BCUT2D eigenvalue weighted by Gasteiger charge is -2.23. The Labute approximate surface area is 151 Å². The molecule has 1 aromatic carbocycles. The lowest BCUT2D eigenvalue weighted by molar-refractivity contribution is -0.135. The Kier molecular flexibility index (Phi) is 5.38. The molecule has 6 heteroatoms. The molecule has 0 radical (unpaired) electrons. The first-order valence-corrected chi connectivity index (χ1v) is 9.18. The van der Waals surface area contributed by atoms with E-state index in [1.54, 1.807) is 22.9 Å². The Morgan fingerprint density at radius 2 is 2.00 bits per heavy atom. The summed E-state index contributed by atoms with van der Waals surface area (Å²) in [5, 5.41) is 2.57. The van der Waals surface area contributed by atoms with Crippen molar-refractivity contribution in [2.75, 3.05) is 6.54 Å². The summed E-state index contributed by atoms with van der Waals surface area (Å²) in [6, 6.07) is 13.7. The third kappa shape index (κ3) is 4.20. The smallest absolute Gasteiger partial charge is 0.240 e. The van der Waals surface area contributed by atoms with Gasteiger partial charge in [-0.05, 0) is 31.5 Å². The first-order chi connectivity index (χ1) is 12.0. The molecule has 0 aliphatic carbocycles. The molecule has 2 unspecified atom stereocenters. The topological polar surface area (TPSA) is 62.3 Å². The molecule has 0 bridgehead atoms. The highest BCUT2D eigenvalue weighted by atomic mass is 32.2. The largest absolute Gasteiger partial charge is 0.349 e. The summed E-state index contributed by atoms with van der Waals surface area (Å²) in [5.41, 5.74) is 3.01. The monoisotopic (exact) mass is 355 g/mol. The van der Waals surface area contributed by atoms with Gasteiger partial charge in [-0.15, -0.1) is 11.8 Å². The number of thioether (sulfide) groups is 1. The highest BCUT2D eigenvalue weighted by Gasteiger charge is 2.39. The van der Waals surface area contributed by atoms with Gasteiger partial charge >= 0.3 is 0 Å². The summed E-state index contributed by atoms with van der Waals surface area (Å²) < 4.78 is 0. The molecule has 1 saturated heterocycles. The van der Waals surface area contributed by atoms with Crippen LogP contribution in [0.5, 0.6) is 0 Å². The fourth-order valence-corrected chi connectivity index (χ4v) is 4.01. The van der Waals surface area contributed by atoms with Crippen LogP contribution in [0.2, 0.25) is 0 Å². The summed E-state index contributed by atoms with van der Waals surface area (Å²) in [7, 11) is 0. The maximum atomic E-state index is 12.5. The normalized spacial score (nSPS) is 19.9. The number of hydrogen-bond donors (Lipinski definition) is 1. The molecule has 130 valence electrons. The van der Waals surface area contributed by atoms with Crippen LogP contribution >= 0.6 is 11.8 Å². The van der Waals surface area contributed by atoms with Gasteiger partial charge in [0.1, 0.15) is 11.9 Å². The third-order valence-corrected chi connectivity index (χ3v) is 5.51. The van der Waals surface area contributed by atoms with Crippen LogP contribution in [-0.2, 0) is 16.1 Å². The van der Waals surface area contributed by atoms with Crippen LogP contribution in [0.3, 0.4) is 0 Å².